The van der Waals surface area contributed by atoms with Crippen molar-refractivity contribution in [3.63, 3.8) is 0 Å². The summed E-state index contributed by atoms with van der Waals surface area (Å²) in [4.78, 5) is 15.7. The van der Waals surface area contributed by atoms with Crippen molar-refractivity contribution in [2.75, 3.05) is 0 Å². The summed E-state index contributed by atoms with van der Waals surface area (Å²) in [6, 6.07) is 57.1. The molecule has 0 aliphatic heterocycles. The van der Waals surface area contributed by atoms with Crippen LogP contribution in [-0.2, 0) is 0 Å². The van der Waals surface area contributed by atoms with Crippen LogP contribution in [0.15, 0.2) is 168 Å². The van der Waals surface area contributed by atoms with Crippen molar-refractivity contribution in [3.05, 3.63) is 164 Å². The number of furan rings is 1. The van der Waals surface area contributed by atoms with Crippen LogP contribution in [0.4, 0.5) is 0 Å². The number of thiophene rings is 1. The number of aromatic nitrogens is 3. The lowest BCUT2D eigenvalue weighted by atomic mass is 9.95. The second-order valence-electron chi connectivity index (χ2n) is 13.2. The first-order valence-electron chi connectivity index (χ1n) is 17.3. The van der Waals surface area contributed by atoms with Crippen LogP contribution in [0.3, 0.4) is 0 Å². The van der Waals surface area contributed by atoms with E-state index in [2.05, 4.69) is 127 Å². The maximum atomic E-state index is 6.28. The van der Waals surface area contributed by atoms with Crippen molar-refractivity contribution >= 4 is 75.1 Å². The lowest BCUT2D eigenvalue weighted by Gasteiger charge is -2.13. The highest BCUT2D eigenvalue weighted by molar-refractivity contribution is 7.26. The minimum atomic E-state index is 0.667. The van der Waals surface area contributed by atoms with Crippen molar-refractivity contribution in [2.45, 2.75) is 0 Å². The SMILES string of the molecule is c1ccc(-c2nc(-c3ccc4c(c3)nc(-c3ccccc3)c3ccc5sc6ccccc6c5c34)cc(-c3ccc4c(c3)oc3ccccc34)n2)cc1. The molecule has 0 amide bonds. The molecule has 0 unspecified atom stereocenters. The molecule has 0 saturated carbocycles. The molecule has 5 heteroatoms. The van der Waals surface area contributed by atoms with Gasteiger partial charge in [0.05, 0.1) is 22.6 Å². The molecule has 4 heterocycles. The maximum absolute atomic E-state index is 6.28. The second kappa shape index (κ2) is 11.4. The van der Waals surface area contributed by atoms with E-state index < -0.39 is 0 Å². The fraction of sp³-hybridized carbons (Fsp3) is 0. The fourth-order valence-electron chi connectivity index (χ4n) is 7.63. The first kappa shape index (κ1) is 29.1. The highest BCUT2D eigenvalue weighted by Gasteiger charge is 2.18. The predicted octanol–water partition coefficient (Wildman–Crippen LogP) is 13.1. The molecule has 0 aliphatic rings. The molecule has 0 saturated heterocycles. The zero-order valence-electron chi connectivity index (χ0n) is 27.7. The summed E-state index contributed by atoms with van der Waals surface area (Å²) in [5, 5.41) is 8.27. The third-order valence-electron chi connectivity index (χ3n) is 10.1. The van der Waals surface area contributed by atoms with Gasteiger partial charge in [-0.15, -0.1) is 11.3 Å². The monoisotopic (exact) mass is 681 g/mol. The van der Waals surface area contributed by atoms with Crippen LogP contribution in [-0.4, -0.2) is 15.0 Å². The molecule has 11 rings (SSSR count). The first-order chi connectivity index (χ1) is 25.7. The van der Waals surface area contributed by atoms with Crippen LogP contribution >= 0.6 is 11.3 Å². The number of para-hydroxylation sites is 1. The molecule has 52 heavy (non-hydrogen) atoms. The van der Waals surface area contributed by atoms with E-state index in [0.717, 1.165) is 77.6 Å². The third kappa shape index (κ3) is 4.57. The van der Waals surface area contributed by atoms with Crippen LogP contribution in [0.25, 0.3) is 109 Å². The molecule has 0 radical (unpaired) electrons. The highest BCUT2D eigenvalue weighted by Crippen LogP contribution is 2.44. The van der Waals surface area contributed by atoms with Crippen molar-refractivity contribution in [1.29, 1.82) is 0 Å². The van der Waals surface area contributed by atoms with Gasteiger partial charge in [0.2, 0.25) is 0 Å². The Morgan fingerprint density at radius 3 is 1.83 bits per heavy atom. The maximum Gasteiger partial charge on any atom is 0.160 e. The summed E-state index contributed by atoms with van der Waals surface area (Å²) in [5.74, 6) is 0.667. The minimum Gasteiger partial charge on any atom is -0.456 e. The number of hydrogen-bond acceptors (Lipinski definition) is 5. The molecule has 0 spiro atoms. The number of nitrogens with zero attached hydrogens (tertiary/aromatic N) is 3. The zero-order chi connectivity index (χ0) is 34.2. The van der Waals surface area contributed by atoms with Gasteiger partial charge in [0, 0.05) is 69.4 Å². The average Bonchev–Trinajstić information content (AvgIpc) is 3.79. The van der Waals surface area contributed by atoms with Crippen molar-refractivity contribution in [1.82, 2.24) is 15.0 Å². The normalized spacial score (nSPS) is 11.8. The second-order valence-corrected chi connectivity index (χ2v) is 14.2. The predicted molar refractivity (Wildman–Crippen MR) is 217 cm³/mol. The Bertz CT molecular complexity index is 3180. The van der Waals surface area contributed by atoms with E-state index in [1.165, 1.54) is 25.6 Å². The van der Waals surface area contributed by atoms with E-state index in [1.807, 2.05) is 47.7 Å². The Kier molecular flexibility index (Phi) is 6.39. The highest BCUT2D eigenvalue weighted by atomic mass is 32.1. The number of hydrogen-bond donors (Lipinski definition) is 0. The molecule has 4 nitrogen and oxygen atoms in total. The van der Waals surface area contributed by atoms with E-state index >= 15 is 0 Å². The number of rotatable bonds is 4. The van der Waals surface area contributed by atoms with Crippen LogP contribution in [0.1, 0.15) is 0 Å². The number of pyridine rings is 1. The Labute approximate surface area is 302 Å². The van der Waals surface area contributed by atoms with Gasteiger partial charge in [-0.1, -0.05) is 121 Å². The van der Waals surface area contributed by atoms with Crippen LogP contribution in [0, 0.1) is 0 Å². The smallest absolute Gasteiger partial charge is 0.160 e. The number of benzene rings is 7. The van der Waals surface area contributed by atoms with Gasteiger partial charge < -0.3 is 4.42 Å². The van der Waals surface area contributed by atoms with E-state index in [0.29, 0.717) is 5.82 Å². The lowest BCUT2D eigenvalue weighted by molar-refractivity contribution is 0.669. The summed E-state index contributed by atoms with van der Waals surface area (Å²) < 4.78 is 8.84. The Balaban J connectivity index is 1.16. The van der Waals surface area contributed by atoms with Gasteiger partial charge in [-0.05, 0) is 42.5 Å². The van der Waals surface area contributed by atoms with Crippen molar-refractivity contribution in [2.24, 2.45) is 0 Å². The molecular formula is C47H27N3OS. The van der Waals surface area contributed by atoms with Gasteiger partial charge in [0.15, 0.2) is 5.82 Å². The zero-order valence-corrected chi connectivity index (χ0v) is 28.6. The Morgan fingerprint density at radius 2 is 1.02 bits per heavy atom. The molecule has 0 bridgehead atoms. The largest absolute Gasteiger partial charge is 0.456 e. The molecule has 7 aromatic carbocycles. The Morgan fingerprint density at radius 1 is 0.385 bits per heavy atom. The quantitative estimate of drug-likeness (QED) is 0.174. The topological polar surface area (TPSA) is 51.8 Å². The van der Waals surface area contributed by atoms with Gasteiger partial charge in [0.1, 0.15) is 11.2 Å². The van der Waals surface area contributed by atoms with Crippen LogP contribution in [0.5, 0.6) is 0 Å². The van der Waals surface area contributed by atoms with E-state index in [1.54, 1.807) is 0 Å². The number of fused-ring (bicyclic) bond motifs is 10. The minimum absolute atomic E-state index is 0.667. The molecule has 242 valence electrons. The molecule has 0 aliphatic carbocycles. The summed E-state index contributed by atoms with van der Waals surface area (Å²) in [6.07, 6.45) is 0. The summed E-state index contributed by atoms with van der Waals surface area (Å²) in [7, 11) is 0. The summed E-state index contributed by atoms with van der Waals surface area (Å²) in [6.45, 7) is 0. The van der Waals surface area contributed by atoms with Gasteiger partial charge in [-0.25, -0.2) is 15.0 Å². The van der Waals surface area contributed by atoms with Crippen LogP contribution < -0.4 is 0 Å². The molecule has 0 fully saturated rings. The molecule has 11 aromatic rings. The van der Waals surface area contributed by atoms with Crippen molar-refractivity contribution in [3.8, 4) is 45.2 Å². The van der Waals surface area contributed by atoms with Gasteiger partial charge >= 0.3 is 0 Å². The van der Waals surface area contributed by atoms with E-state index in [9.17, 15) is 0 Å². The van der Waals surface area contributed by atoms with E-state index in [-0.39, 0.29) is 0 Å². The fourth-order valence-corrected chi connectivity index (χ4v) is 8.74. The van der Waals surface area contributed by atoms with Gasteiger partial charge in [-0.2, -0.15) is 0 Å². The van der Waals surface area contributed by atoms with Crippen molar-refractivity contribution < 1.29 is 4.42 Å². The van der Waals surface area contributed by atoms with Crippen LogP contribution in [0.2, 0.25) is 0 Å². The van der Waals surface area contributed by atoms with Gasteiger partial charge in [-0.3, -0.25) is 0 Å². The third-order valence-corrected chi connectivity index (χ3v) is 11.2. The molecule has 4 aromatic heterocycles. The lowest BCUT2D eigenvalue weighted by Crippen LogP contribution is -1.96. The summed E-state index contributed by atoms with van der Waals surface area (Å²) in [5.41, 5.74) is 9.27. The standard InChI is InChI=1S/C47H27N3OS/c1-3-11-28(12-4-1)46-36-23-24-43-45(35-16-8-10-18-42(35)52-43)44(36)34-22-20-30(25-39(34)48-46)37-27-38(50-47(49-37)29-13-5-2-6-14-29)31-19-21-33-32-15-7-9-17-40(32)51-41(33)26-31/h1-27H. The first-order valence-corrected chi connectivity index (χ1v) is 18.2. The molecule has 0 atom stereocenters. The summed E-state index contributed by atoms with van der Waals surface area (Å²) >= 11 is 1.84. The van der Waals surface area contributed by atoms with Gasteiger partial charge in [0.25, 0.3) is 0 Å². The van der Waals surface area contributed by atoms with E-state index in [4.69, 9.17) is 19.4 Å². The molecule has 0 N–H and O–H groups in total. The average molecular weight is 682 g/mol. The Hall–Kier alpha value is -6.69. The molecular weight excluding hydrogens is 655 g/mol.